The summed E-state index contributed by atoms with van der Waals surface area (Å²) in [5.41, 5.74) is 3.09. The predicted octanol–water partition coefficient (Wildman–Crippen LogP) is 4.48. The highest BCUT2D eigenvalue weighted by Gasteiger charge is 2.53. The number of rotatable bonds is 5. The van der Waals surface area contributed by atoms with Crippen molar-refractivity contribution in [3.05, 3.63) is 23.3 Å². The molecule has 1 saturated carbocycles. The summed E-state index contributed by atoms with van der Waals surface area (Å²) in [6, 6.07) is 0. The van der Waals surface area contributed by atoms with Crippen molar-refractivity contribution in [2.45, 2.75) is 66.2 Å². The molecule has 0 aromatic heterocycles. The van der Waals surface area contributed by atoms with Crippen LogP contribution < -0.4 is 0 Å². The Bertz CT molecular complexity index is 451. The molecule has 0 aliphatic heterocycles. The minimum atomic E-state index is 0.149. The Kier molecular flexibility index (Phi) is 5.55. The highest BCUT2D eigenvalue weighted by atomic mass is 16.3. The van der Waals surface area contributed by atoms with Gasteiger partial charge in [0.15, 0.2) is 0 Å². The fraction of sp³-hybridized carbons (Fsp3) is 0.800. The zero-order chi connectivity index (χ0) is 16.4. The minimum Gasteiger partial charge on any atom is -0.392 e. The first-order valence-electron chi connectivity index (χ1n) is 8.95. The van der Waals surface area contributed by atoms with Gasteiger partial charge in [0.25, 0.3) is 0 Å². The van der Waals surface area contributed by atoms with Crippen LogP contribution in [0, 0.1) is 22.7 Å². The molecule has 2 aliphatic rings. The molecule has 2 heteroatoms. The van der Waals surface area contributed by atoms with Crippen LogP contribution in [0.1, 0.15) is 66.2 Å². The van der Waals surface area contributed by atoms with E-state index in [1.807, 2.05) is 6.08 Å². The summed E-state index contributed by atoms with van der Waals surface area (Å²) in [5, 5.41) is 18.9. The van der Waals surface area contributed by atoms with Crippen molar-refractivity contribution in [1.29, 1.82) is 0 Å². The molecular formula is C20H34O2. The lowest BCUT2D eigenvalue weighted by atomic mass is 9.47. The van der Waals surface area contributed by atoms with Gasteiger partial charge in [-0.25, -0.2) is 0 Å². The summed E-state index contributed by atoms with van der Waals surface area (Å²) >= 11 is 0. The molecule has 0 aromatic carbocycles. The molecule has 0 bridgehead atoms. The second-order valence-corrected chi connectivity index (χ2v) is 8.11. The standard InChI is InChI=1S/C20H34O2/c1-15(10-13-21)8-11-19(3)16(2)9-12-20(4)17(14-22)6-5-7-18(19)20/h6,10,16,18,21-22H,5,7-9,11-14H2,1-4H3/b15-10+/t16-,18-,19+,20-/m1/s1. The zero-order valence-electron chi connectivity index (χ0n) is 14.9. The normalized spacial score (nSPS) is 39.4. The molecule has 0 aromatic rings. The van der Waals surface area contributed by atoms with Gasteiger partial charge in [-0.3, -0.25) is 0 Å². The third-order valence-electron chi connectivity index (χ3n) is 7.04. The highest BCUT2D eigenvalue weighted by molar-refractivity contribution is 5.23. The number of hydrogen-bond acceptors (Lipinski definition) is 2. The Morgan fingerprint density at radius 3 is 2.68 bits per heavy atom. The maximum Gasteiger partial charge on any atom is 0.0647 e. The lowest BCUT2D eigenvalue weighted by Crippen LogP contribution is -2.50. The van der Waals surface area contributed by atoms with Gasteiger partial charge >= 0.3 is 0 Å². The van der Waals surface area contributed by atoms with Gasteiger partial charge in [-0.2, -0.15) is 0 Å². The van der Waals surface area contributed by atoms with Gasteiger partial charge in [0.1, 0.15) is 0 Å². The third-order valence-corrected chi connectivity index (χ3v) is 7.04. The molecule has 2 aliphatic carbocycles. The topological polar surface area (TPSA) is 40.5 Å². The van der Waals surface area contributed by atoms with Gasteiger partial charge in [-0.05, 0) is 73.7 Å². The van der Waals surface area contributed by atoms with Crippen molar-refractivity contribution in [3.63, 3.8) is 0 Å². The lowest BCUT2D eigenvalue weighted by Gasteiger charge is -2.58. The van der Waals surface area contributed by atoms with Crippen LogP contribution >= 0.6 is 0 Å². The Morgan fingerprint density at radius 2 is 2.05 bits per heavy atom. The maximum absolute atomic E-state index is 9.81. The fourth-order valence-electron chi connectivity index (χ4n) is 5.17. The summed E-state index contributed by atoms with van der Waals surface area (Å²) in [5.74, 6) is 1.39. The average molecular weight is 306 g/mol. The molecule has 1 fully saturated rings. The van der Waals surface area contributed by atoms with Crippen molar-refractivity contribution in [3.8, 4) is 0 Å². The SMILES string of the molecule is C/C(=C\CO)CC[C@@]1(C)[C@H](C)CC[C@]2(C)C(CO)=CCC[C@H]12. The molecular weight excluding hydrogens is 272 g/mol. The molecule has 0 heterocycles. The van der Waals surface area contributed by atoms with Crippen molar-refractivity contribution in [2.75, 3.05) is 13.2 Å². The van der Waals surface area contributed by atoms with Crippen molar-refractivity contribution >= 4 is 0 Å². The van der Waals surface area contributed by atoms with E-state index in [-0.39, 0.29) is 18.6 Å². The van der Waals surface area contributed by atoms with Gasteiger partial charge in [0.05, 0.1) is 13.2 Å². The summed E-state index contributed by atoms with van der Waals surface area (Å²) in [6.07, 6.45) is 11.3. The van der Waals surface area contributed by atoms with E-state index in [1.54, 1.807) is 0 Å². The second-order valence-electron chi connectivity index (χ2n) is 8.11. The zero-order valence-corrected chi connectivity index (χ0v) is 14.9. The van der Waals surface area contributed by atoms with E-state index in [4.69, 9.17) is 5.11 Å². The van der Waals surface area contributed by atoms with Crippen molar-refractivity contribution in [1.82, 2.24) is 0 Å². The van der Waals surface area contributed by atoms with Crippen LogP contribution in [-0.4, -0.2) is 23.4 Å². The molecule has 2 N–H and O–H groups in total. The summed E-state index contributed by atoms with van der Waals surface area (Å²) in [6.45, 7) is 9.79. The van der Waals surface area contributed by atoms with E-state index in [1.165, 1.54) is 36.8 Å². The molecule has 126 valence electrons. The number of aliphatic hydroxyl groups is 2. The van der Waals surface area contributed by atoms with Crippen LogP contribution in [0.2, 0.25) is 0 Å². The molecule has 0 radical (unpaired) electrons. The number of fused-ring (bicyclic) bond motifs is 1. The van der Waals surface area contributed by atoms with Crippen LogP contribution in [-0.2, 0) is 0 Å². The number of allylic oxidation sites excluding steroid dienone is 2. The molecule has 0 spiro atoms. The monoisotopic (exact) mass is 306 g/mol. The van der Waals surface area contributed by atoms with Crippen LogP contribution in [0.4, 0.5) is 0 Å². The van der Waals surface area contributed by atoms with E-state index in [0.29, 0.717) is 11.3 Å². The molecule has 2 rings (SSSR count). The van der Waals surface area contributed by atoms with Crippen LogP contribution in [0.25, 0.3) is 0 Å². The molecule has 0 amide bonds. The highest BCUT2D eigenvalue weighted by Crippen LogP contribution is 2.61. The second kappa shape index (κ2) is 6.88. The van der Waals surface area contributed by atoms with Crippen molar-refractivity contribution in [2.24, 2.45) is 22.7 Å². The first kappa shape index (κ1) is 17.7. The van der Waals surface area contributed by atoms with Crippen LogP contribution in [0.3, 0.4) is 0 Å². The first-order chi connectivity index (χ1) is 10.4. The smallest absolute Gasteiger partial charge is 0.0647 e. The maximum atomic E-state index is 9.81. The Hall–Kier alpha value is -0.600. The fourth-order valence-corrected chi connectivity index (χ4v) is 5.17. The van der Waals surface area contributed by atoms with Gasteiger partial charge in [0, 0.05) is 0 Å². The van der Waals surface area contributed by atoms with Gasteiger partial charge in [0.2, 0.25) is 0 Å². The van der Waals surface area contributed by atoms with E-state index < -0.39 is 0 Å². The van der Waals surface area contributed by atoms with Crippen molar-refractivity contribution < 1.29 is 10.2 Å². The van der Waals surface area contributed by atoms with Crippen LogP contribution in [0.15, 0.2) is 23.3 Å². The first-order valence-corrected chi connectivity index (χ1v) is 8.95. The molecule has 0 unspecified atom stereocenters. The number of hydrogen-bond donors (Lipinski definition) is 2. The Balaban J connectivity index is 2.25. The number of aliphatic hydroxyl groups excluding tert-OH is 2. The quantitative estimate of drug-likeness (QED) is 0.735. The summed E-state index contributed by atoms with van der Waals surface area (Å²) < 4.78 is 0. The molecule has 4 atom stereocenters. The van der Waals surface area contributed by atoms with Crippen LogP contribution in [0.5, 0.6) is 0 Å². The van der Waals surface area contributed by atoms with Gasteiger partial charge < -0.3 is 10.2 Å². The largest absolute Gasteiger partial charge is 0.392 e. The Labute approximate surface area is 136 Å². The Morgan fingerprint density at radius 1 is 1.32 bits per heavy atom. The third kappa shape index (κ3) is 3.05. The van der Waals surface area contributed by atoms with E-state index in [2.05, 4.69) is 33.8 Å². The summed E-state index contributed by atoms with van der Waals surface area (Å²) in [4.78, 5) is 0. The van der Waals surface area contributed by atoms with Gasteiger partial charge in [-0.1, -0.05) is 38.5 Å². The minimum absolute atomic E-state index is 0.149. The lowest BCUT2D eigenvalue weighted by molar-refractivity contribution is -0.0507. The molecule has 2 nitrogen and oxygen atoms in total. The molecule has 0 saturated heterocycles. The predicted molar refractivity (Wildman–Crippen MR) is 92.6 cm³/mol. The summed E-state index contributed by atoms with van der Waals surface area (Å²) in [7, 11) is 0. The van der Waals surface area contributed by atoms with Gasteiger partial charge in [-0.15, -0.1) is 0 Å². The average Bonchev–Trinajstić information content (AvgIpc) is 2.49. The molecule has 22 heavy (non-hydrogen) atoms. The van der Waals surface area contributed by atoms with E-state index >= 15 is 0 Å². The van der Waals surface area contributed by atoms with E-state index in [9.17, 15) is 5.11 Å². The van der Waals surface area contributed by atoms with E-state index in [0.717, 1.165) is 18.8 Å².